The maximum absolute atomic E-state index is 12.6. The van der Waals surface area contributed by atoms with Crippen molar-refractivity contribution in [1.29, 1.82) is 0 Å². The largest absolute Gasteiger partial charge is 0.288 e. The van der Waals surface area contributed by atoms with Gasteiger partial charge >= 0.3 is 0 Å². The molecule has 0 spiro atoms. The van der Waals surface area contributed by atoms with Gasteiger partial charge in [0.2, 0.25) is 0 Å². The second-order valence-electron chi connectivity index (χ2n) is 4.67. The van der Waals surface area contributed by atoms with Crippen LogP contribution in [0, 0.1) is 13.8 Å². The van der Waals surface area contributed by atoms with Crippen LogP contribution in [0.3, 0.4) is 0 Å². The Bertz CT molecular complexity index is 771. The quantitative estimate of drug-likeness (QED) is 0.655. The zero-order valence-corrected chi connectivity index (χ0v) is 10.9. The predicted octanol–water partition coefficient (Wildman–Crippen LogP) is 3.18. The monoisotopic (exact) mass is 250 g/mol. The minimum absolute atomic E-state index is 0.0300. The maximum Gasteiger partial charge on any atom is 0.197 e. The standard InChI is InChI=1S/C16H14N2O/c1-11-6-5-7-13(12(11)2)16(19)14-10-17-18-9-4-3-8-15(14)18/h3-10H,1-2H3. The summed E-state index contributed by atoms with van der Waals surface area (Å²) in [7, 11) is 0. The van der Waals surface area contributed by atoms with Crippen LogP contribution in [-0.4, -0.2) is 15.4 Å². The average Bonchev–Trinajstić information content (AvgIpc) is 2.85. The van der Waals surface area contributed by atoms with Crippen LogP contribution >= 0.6 is 0 Å². The van der Waals surface area contributed by atoms with Crippen LogP contribution in [0.5, 0.6) is 0 Å². The molecule has 3 rings (SSSR count). The van der Waals surface area contributed by atoms with Crippen molar-refractivity contribution in [3.8, 4) is 0 Å². The molecule has 2 aromatic heterocycles. The second kappa shape index (κ2) is 4.35. The molecular formula is C16H14N2O. The molecule has 0 bridgehead atoms. The minimum Gasteiger partial charge on any atom is -0.288 e. The van der Waals surface area contributed by atoms with Gasteiger partial charge in [-0.2, -0.15) is 5.10 Å². The smallest absolute Gasteiger partial charge is 0.197 e. The summed E-state index contributed by atoms with van der Waals surface area (Å²) in [5, 5.41) is 4.21. The van der Waals surface area contributed by atoms with Crippen LogP contribution in [0.2, 0.25) is 0 Å². The fourth-order valence-electron chi connectivity index (χ4n) is 2.25. The van der Waals surface area contributed by atoms with Crippen LogP contribution in [-0.2, 0) is 0 Å². The van der Waals surface area contributed by atoms with Gasteiger partial charge in [0.25, 0.3) is 0 Å². The van der Waals surface area contributed by atoms with Crippen LogP contribution in [0.15, 0.2) is 48.8 Å². The van der Waals surface area contributed by atoms with Gasteiger partial charge in [0.15, 0.2) is 5.78 Å². The molecule has 0 saturated heterocycles. The van der Waals surface area contributed by atoms with E-state index >= 15 is 0 Å². The SMILES string of the molecule is Cc1cccc(C(=O)c2cnn3ccccc23)c1C. The molecule has 0 aliphatic carbocycles. The van der Waals surface area contributed by atoms with E-state index in [0.717, 1.165) is 22.2 Å². The molecule has 2 heterocycles. The van der Waals surface area contributed by atoms with Crippen molar-refractivity contribution in [2.45, 2.75) is 13.8 Å². The van der Waals surface area contributed by atoms with Crippen molar-refractivity contribution < 1.29 is 4.79 Å². The highest BCUT2D eigenvalue weighted by Gasteiger charge is 2.16. The first-order valence-corrected chi connectivity index (χ1v) is 6.22. The van der Waals surface area contributed by atoms with E-state index in [1.54, 1.807) is 10.7 Å². The van der Waals surface area contributed by atoms with E-state index in [1.807, 2.05) is 56.4 Å². The number of carbonyl (C=O) groups excluding carboxylic acids is 1. The van der Waals surface area contributed by atoms with Crippen molar-refractivity contribution in [3.63, 3.8) is 0 Å². The highest BCUT2D eigenvalue weighted by Crippen LogP contribution is 2.19. The van der Waals surface area contributed by atoms with Gasteiger partial charge in [-0.1, -0.05) is 24.3 Å². The van der Waals surface area contributed by atoms with Crippen molar-refractivity contribution >= 4 is 11.3 Å². The highest BCUT2D eigenvalue weighted by molar-refractivity contribution is 6.13. The first-order valence-electron chi connectivity index (χ1n) is 6.22. The van der Waals surface area contributed by atoms with E-state index in [1.165, 1.54) is 0 Å². The lowest BCUT2D eigenvalue weighted by atomic mass is 9.97. The zero-order valence-electron chi connectivity index (χ0n) is 10.9. The number of rotatable bonds is 2. The lowest BCUT2D eigenvalue weighted by Crippen LogP contribution is -2.04. The Balaban J connectivity index is 2.17. The summed E-state index contributed by atoms with van der Waals surface area (Å²) in [5.41, 5.74) is 4.39. The second-order valence-corrected chi connectivity index (χ2v) is 4.67. The third kappa shape index (κ3) is 1.83. The number of ketones is 1. The molecule has 0 radical (unpaired) electrons. The van der Waals surface area contributed by atoms with Gasteiger partial charge in [-0.25, -0.2) is 4.52 Å². The summed E-state index contributed by atoms with van der Waals surface area (Å²) in [6.45, 7) is 4.00. The highest BCUT2D eigenvalue weighted by atomic mass is 16.1. The number of hydrogen-bond donors (Lipinski definition) is 0. The molecule has 0 amide bonds. The normalized spacial score (nSPS) is 10.8. The third-order valence-electron chi connectivity index (χ3n) is 3.52. The van der Waals surface area contributed by atoms with Gasteiger partial charge in [0, 0.05) is 11.8 Å². The van der Waals surface area contributed by atoms with Gasteiger partial charge in [-0.05, 0) is 37.1 Å². The van der Waals surface area contributed by atoms with Crippen LogP contribution in [0.25, 0.3) is 5.52 Å². The van der Waals surface area contributed by atoms with E-state index in [9.17, 15) is 4.79 Å². The molecule has 3 aromatic rings. The predicted molar refractivity (Wildman–Crippen MR) is 74.5 cm³/mol. The Morgan fingerprint density at radius 1 is 1.05 bits per heavy atom. The topological polar surface area (TPSA) is 34.4 Å². The van der Waals surface area contributed by atoms with E-state index in [4.69, 9.17) is 0 Å². The van der Waals surface area contributed by atoms with Gasteiger partial charge < -0.3 is 0 Å². The summed E-state index contributed by atoms with van der Waals surface area (Å²) in [6.07, 6.45) is 3.48. The molecular weight excluding hydrogens is 236 g/mol. The number of hydrogen-bond acceptors (Lipinski definition) is 2. The van der Waals surface area contributed by atoms with Gasteiger partial charge in [0.1, 0.15) is 0 Å². The lowest BCUT2D eigenvalue weighted by Gasteiger charge is -2.06. The summed E-state index contributed by atoms with van der Waals surface area (Å²) >= 11 is 0. The van der Waals surface area contributed by atoms with E-state index in [-0.39, 0.29) is 5.78 Å². The molecule has 1 aromatic carbocycles. The Morgan fingerprint density at radius 3 is 2.74 bits per heavy atom. The van der Waals surface area contributed by atoms with Crippen molar-refractivity contribution in [3.05, 3.63) is 71.0 Å². The molecule has 0 saturated carbocycles. The molecule has 19 heavy (non-hydrogen) atoms. The van der Waals surface area contributed by atoms with Crippen molar-refractivity contribution in [1.82, 2.24) is 9.61 Å². The van der Waals surface area contributed by atoms with Crippen LogP contribution in [0.4, 0.5) is 0 Å². The van der Waals surface area contributed by atoms with Gasteiger partial charge in [0.05, 0.1) is 17.3 Å². The molecule has 94 valence electrons. The lowest BCUT2D eigenvalue weighted by molar-refractivity contribution is 0.103. The van der Waals surface area contributed by atoms with E-state index in [2.05, 4.69) is 5.10 Å². The fraction of sp³-hybridized carbons (Fsp3) is 0.125. The number of aryl methyl sites for hydroxylation is 1. The third-order valence-corrected chi connectivity index (χ3v) is 3.52. The number of pyridine rings is 1. The van der Waals surface area contributed by atoms with E-state index < -0.39 is 0 Å². The Kier molecular flexibility index (Phi) is 2.67. The minimum atomic E-state index is 0.0300. The van der Waals surface area contributed by atoms with Crippen LogP contribution < -0.4 is 0 Å². The number of fused-ring (bicyclic) bond motifs is 1. The molecule has 0 fully saturated rings. The number of aromatic nitrogens is 2. The molecule has 0 unspecified atom stereocenters. The van der Waals surface area contributed by atoms with Crippen molar-refractivity contribution in [2.75, 3.05) is 0 Å². The molecule has 0 N–H and O–H groups in total. The molecule has 0 aliphatic rings. The number of benzene rings is 1. The number of carbonyl (C=O) groups is 1. The number of nitrogens with zero attached hydrogens (tertiary/aromatic N) is 2. The first-order chi connectivity index (χ1) is 9.18. The van der Waals surface area contributed by atoms with Crippen LogP contribution in [0.1, 0.15) is 27.0 Å². The first kappa shape index (κ1) is 11.7. The molecule has 0 atom stereocenters. The maximum atomic E-state index is 12.6. The van der Waals surface area contributed by atoms with Crippen molar-refractivity contribution in [2.24, 2.45) is 0 Å². The molecule has 0 aliphatic heterocycles. The van der Waals surface area contributed by atoms with Gasteiger partial charge in [-0.3, -0.25) is 4.79 Å². The Hall–Kier alpha value is -2.42. The molecule has 3 nitrogen and oxygen atoms in total. The Labute approximate surface area is 111 Å². The fourth-order valence-corrected chi connectivity index (χ4v) is 2.25. The zero-order chi connectivity index (χ0) is 13.4. The van der Waals surface area contributed by atoms with Gasteiger partial charge in [-0.15, -0.1) is 0 Å². The summed E-state index contributed by atoms with van der Waals surface area (Å²) < 4.78 is 1.72. The average molecular weight is 250 g/mol. The summed E-state index contributed by atoms with van der Waals surface area (Å²) in [4.78, 5) is 12.6. The molecule has 3 heteroatoms. The van der Waals surface area contributed by atoms with E-state index in [0.29, 0.717) is 5.56 Å². The summed E-state index contributed by atoms with van der Waals surface area (Å²) in [5.74, 6) is 0.0300. The summed E-state index contributed by atoms with van der Waals surface area (Å²) in [6, 6.07) is 11.5. The Morgan fingerprint density at radius 2 is 1.89 bits per heavy atom.